The van der Waals surface area contributed by atoms with Gasteiger partial charge < -0.3 is 4.74 Å². The zero-order valence-corrected chi connectivity index (χ0v) is 7.39. The Labute approximate surface area is 68.8 Å². The molecule has 1 unspecified atom stereocenters. The normalized spacial score (nSPS) is 24.0. The summed E-state index contributed by atoms with van der Waals surface area (Å²) in [6.07, 6.45) is 4.98. The molecule has 62 valence electrons. The van der Waals surface area contributed by atoms with Gasteiger partial charge in [0.15, 0.2) is 0 Å². The van der Waals surface area contributed by atoms with Crippen molar-refractivity contribution in [2.75, 3.05) is 0 Å². The Kier molecular flexibility index (Phi) is 2.75. The SMILES string of the molecule is C=COC1=C(CC)C(C)CC1. The second-order valence-electron chi connectivity index (χ2n) is 3.03. The highest BCUT2D eigenvalue weighted by Gasteiger charge is 2.20. The minimum absolute atomic E-state index is 0.718. The van der Waals surface area contributed by atoms with Gasteiger partial charge in [-0.05, 0) is 24.3 Å². The molecule has 0 saturated carbocycles. The molecule has 1 atom stereocenters. The maximum Gasteiger partial charge on any atom is 0.103 e. The number of ether oxygens (including phenoxy) is 1. The van der Waals surface area contributed by atoms with Crippen molar-refractivity contribution in [3.05, 3.63) is 24.2 Å². The lowest BCUT2D eigenvalue weighted by atomic mass is 10.0. The fraction of sp³-hybridized carbons (Fsp3) is 0.600. The van der Waals surface area contributed by atoms with Crippen molar-refractivity contribution in [3.63, 3.8) is 0 Å². The van der Waals surface area contributed by atoms with E-state index in [1.54, 1.807) is 0 Å². The van der Waals surface area contributed by atoms with Crippen molar-refractivity contribution in [2.24, 2.45) is 5.92 Å². The maximum atomic E-state index is 5.32. The lowest BCUT2D eigenvalue weighted by molar-refractivity contribution is 0.337. The van der Waals surface area contributed by atoms with Gasteiger partial charge in [-0.2, -0.15) is 0 Å². The maximum absolute atomic E-state index is 5.32. The van der Waals surface area contributed by atoms with E-state index in [9.17, 15) is 0 Å². The Bertz CT molecular complexity index is 179. The van der Waals surface area contributed by atoms with E-state index in [4.69, 9.17) is 4.74 Å². The highest BCUT2D eigenvalue weighted by Crippen LogP contribution is 2.34. The largest absolute Gasteiger partial charge is 0.470 e. The van der Waals surface area contributed by atoms with Crippen LogP contribution in [-0.4, -0.2) is 0 Å². The Morgan fingerprint density at radius 2 is 2.45 bits per heavy atom. The fourth-order valence-electron chi connectivity index (χ4n) is 1.74. The van der Waals surface area contributed by atoms with E-state index in [-0.39, 0.29) is 0 Å². The molecule has 0 bridgehead atoms. The van der Waals surface area contributed by atoms with Crippen LogP contribution in [-0.2, 0) is 4.74 Å². The highest BCUT2D eigenvalue weighted by atomic mass is 16.5. The summed E-state index contributed by atoms with van der Waals surface area (Å²) in [6, 6.07) is 0. The van der Waals surface area contributed by atoms with Crippen LogP contribution in [0.5, 0.6) is 0 Å². The third kappa shape index (κ3) is 1.65. The Morgan fingerprint density at radius 1 is 1.73 bits per heavy atom. The summed E-state index contributed by atoms with van der Waals surface area (Å²) in [5.74, 6) is 1.88. The standard InChI is InChI=1S/C10H16O/c1-4-9-8(3)6-7-10(9)11-5-2/h5,8H,2,4,6-7H2,1,3H3. The summed E-state index contributed by atoms with van der Waals surface area (Å²) in [4.78, 5) is 0. The molecule has 0 aliphatic heterocycles. The van der Waals surface area contributed by atoms with Crippen LogP contribution < -0.4 is 0 Å². The third-order valence-electron chi connectivity index (χ3n) is 2.36. The summed E-state index contributed by atoms with van der Waals surface area (Å²) < 4.78 is 5.32. The van der Waals surface area contributed by atoms with E-state index in [0.29, 0.717) is 0 Å². The summed E-state index contributed by atoms with van der Waals surface area (Å²) in [6.45, 7) is 8.01. The number of allylic oxidation sites excluding steroid dienone is 2. The van der Waals surface area contributed by atoms with Crippen LogP contribution >= 0.6 is 0 Å². The molecule has 0 spiro atoms. The Balaban J connectivity index is 2.70. The Hall–Kier alpha value is -0.720. The van der Waals surface area contributed by atoms with Gasteiger partial charge in [0.05, 0.1) is 6.26 Å². The van der Waals surface area contributed by atoms with E-state index in [2.05, 4.69) is 20.4 Å². The molecule has 0 N–H and O–H groups in total. The summed E-state index contributed by atoms with van der Waals surface area (Å²) in [5, 5.41) is 0. The Morgan fingerprint density at radius 3 is 3.00 bits per heavy atom. The average Bonchev–Trinajstić information content (AvgIpc) is 2.33. The van der Waals surface area contributed by atoms with Crippen LogP contribution in [0.1, 0.15) is 33.1 Å². The highest BCUT2D eigenvalue weighted by molar-refractivity contribution is 5.17. The van der Waals surface area contributed by atoms with Crippen LogP contribution in [0, 0.1) is 5.92 Å². The van der Waals surface area contributed by atoms with Crippen LogP contribution in [0.4, 0.5) is 0 Å². The fourth-order valence-corrected chi connectivity index (χ4v) is 1.74. The van der Waals surface area contributed by atoms with E-state index in [1.165, 1.54) is 18.3 Å². The molecule has 0 fully saturated rings. The zero-order chi connectivity index (χ0) is 8.27. The minimum atomic E-state index is 0.718. The predicted molar refractivity (Wildman–Crippen MR) is 47.0 cm³/mol. The first-order valence-electron chi connectivity index (χ1n) is 4.29. The molecular formula is C10H16O. The van der Waals surface area contributed by atoms with Gasteiger partial charge >= 0.3 is 0 Å². The smallest absolute Gasteiger partial charge is 0.103 e. The topological polar surface area (TPSA) is 9.23 Å². The minimum Gasteiger partial charge on any atom is -0.470 e. The van der Waals surface area contributed by atoms with Crippen LogP contribution in [0.2, 0.25) is 0 Å². The molecule has 11 heavy (non-hydrogen) atoms. The van der Waals surface area contributed by atoms with Gasteiger partial charge in [-0.15, -0.1) is 0 Å². The van der Waals surface area contributed by atoms with E-state index >= 15 is 0 Å². The molecule has 0 amide bonds. The molecule has 0 heterocycles. The van der Waals surface area contributed by atoms with Gasteiger partial charge in [-0.1, -0.05) is 20.4 Å². The molecule has 1 heteroatoms. The molecule has 0 radical (unpaired) electrons. The van der Waals surface area contributed by atoms with Gasteiger partial charge in [0.1, 0.15) is 5.76 Å². The predicted octanol–water partition coefficient (Wildman–Crippen LogP) is 3.24. The molecule has 1 rings (SSSR count). The monoisotopic (exact) mass is 152 g/mol. The van der Waals surface area contributed by atoms with Crippen LogP contribution in [0.15, 0.2) is 24.2 Å². The van der Waals surface area contributed by atoms with Gasteiger partial charge in [0.25, 0.3) is 0 Å². The first-order chi connectivity index (χ1) is 5.29. The van der Waals surface area contributed by atoms with Crippen LogP contribution in [0.3, 0.4) is 0 Å². The molecule has 1 aliphatic rings. The molecule has 0 aromatic heterocycles. The van der Waals surface area contributed by atoms with Gasteiger partial charge in [0, 0.05) is 6.42 Å². The third-order valence-corrected chi connectivity index (χ3v) is 2.36. The first kappa shape index (κ1) is 8.38. The summed E-state index contributed by atoms with van der Waals surface area (Å²) >= 11 is 0. The van der Waals surface area contributed by atoms with Crippen molar-refractivity contribution in [1.82, 2.24) is 0 Å². The number of hydrogen-bond acceptors (Lipinski definition) is 1. The lowest BCUT2D eigenvalue weighted by Crippen LogP contribution is -1.92. The van der Waals surface area contributed by atoms with Crippen LogP contribution in [0.25, 0.3) is 0 Å². The van der Waals surface area contributed by atoms with Crippen molar-refractivity contribution in [1.29, 1.82) is 0 Å². The van der Waals surface area contributed by atoms with Crippen molar-refractivity contribution >= 4 is 0 Å². The van der Waals surface area contributed by atoms with E-state index in [0.717, 1.165) is 24.5 Å². The van der Waals surface area contributed by atoms with Gasteiger partial charge in [-0.3, -0.25) is 0 Å². The molecular weight excluding hydrogens is 136 g/mol. The second kappa shape index (κ2) is 3.61. The van der Waals surface area contributed by atoms with E-state index in [1.807, 2.05) is 0 Å². The lowest BCUT2D eigenvalue weighted by Gasteiger charge is -2.06. The summed E-state index contributed by atoms with van der Waals surface area (Å²) in [5.41, 5.74) is 1.48. The van der Waals surface area contributed by atoms with Gasteiger partial charge in [0.2, 0.25) is 0 Å². The van der Waals surface area contributed by atoms with Crippen molar-refractivity contribution in [3.8, 4) is 0 Å². The van der Waals surface area contributed by atoms with Crippen molar-refractivity contribution in [2.45, 2.75) is 33.1 Å². The zero-order valence-electron chi connectivity index (χ0n) is 7.39. The second-order valence-corrected chi connectivity index (χ2v) is 3.03. The number of hydrogen-bond donors (Lipinski definition) is 0. The molecule has 0 aromatic rings. The molecule has 1 nitrogen and oxygen atoms in total. The first-order valence-corrected chi connectivity index (χ1v) is 4.29. The average molecular weight is 152 g/mol. The van der Waals surface area contributed by atoms with Crippen molar-refractivity contribution < 1.29 is 4.74 Å². The summed E-state index contributed by atoms with van der Waals surface area (Å²) in [7, 11) is 0. The quantitative estimate of drug-likeness (QED) is 0.564. The molecule has 0 aromatic carbocycles. The van der Waals surface area contributed by atoms with E-state index < -0.39 is 0 Å². The molecule has 1 aliphatic carbocycles. The molecule has 0 saturated heterocycles. The number of rotatable bonds is 3. The van der Waals surface area contributed by atoms with Gasteiger partial charge in [-0.25, -0.2) is 0 Å².